The van der Waals surface area contributed by atoms with Crippen molar-refractivity contribution in [3.8, 4) is 0 Å². The van der Waals surface area contributed by atoms with Crippen LogP contribution in [0.1, 0.15) is 13.8 Å². The summed E-state index contributed by atoms with van der Waals surface area (Å²) in [4.78, 5) is 9.33. The summed E-state index contributed by atoms with van der Waals surface area (Å²) in [5.41, 5.74) is 2.40. The summed E-state index contributed by atoms with van der Waals surface area (Å²) in [6.07, 6.45) is 1.88. The molecule has 2 aromatic rings. The van der Waals surface area contributed by atoms with Crippen molar-refractivity contribution < 1.29 is 0 Å². The molecule has 2 heterocycles. The van der Waals surface area contributed by atoms with Gasteiger partial charge in [0.15, 0.2) is 0 Å². The minimum absolute atomic E-state index is 1.09. The second-order valence-corrected chi connectivity index (χ2v) is 4.64. The molecule has 0 unspecified atom stereocenters. The van der Waals surface area contributed by atoms with Crippen molar-refractivity contribution in [1.82, 2.24) is 9.88 Å². The lowest BCUT2D eigenvalue weighted by molar-refractivity contribution is 0.313. The van der Waals surface area contributed by atoms with Crippen molar-refractivity contribution in [3.05, 3.63) is 36.5 Å². The van der Waals surface area contributed by atoms with Gasteiger partial charge in [0.05, 0.1) is 11.2 Å². The molecule has 0 amide bonds. The molecule has 1 aliphatic heterocycles. The average Bonchev–Trinajstić information content (AvgIpc) is 2.50. The highest BCUT2D eigenvalue weighted by Crippen LogP contribution is 2.25. The van der Waals surface area contributed by atoms with Crippen LogP contribution in [0.15, 0.2) is 36.5 Å². The maximum absolute atomic E-state index is 4.52. The molecule has 0 aliphatic carbocycles. The molecule has 0 radical (unpaired) electrons. The third-order valence-corrected chi connectivity index (χ3v) is 3.46. The van der Waals surface area contributed by atoms with Gasteiger partial charge in [0.25, 0.3) is 0 Å². The fourth-order valence-corrected chi connectivity index (χ4v) is 2.39. The zero-order valence-corrected chi connectivity index (χ0v) is 12.1. The Kier molecular flexibility index (Phi) is 4.74. The minimum atomic E-state index is 1.09. The second kappa shape index (κ2) is 6.53. The van der Waals surface area contributed by atoms with Crippen LogP contribution < -0.4 is 4.90 Å². The quantitative estimate of drug-likeness (QED) is 0.783. The molecule has 0 spiro atoms. The standard InChI is InChI=1S/C14H17N3.C2H6/c1-16-8-10-17(11-9-16)13-6-2-4-12-5-3-7-15-14(12)13;1-2/h2-7H,8-11H2,1H3;1-2H3. The molecule has 1 saturated heterocycles. The molecule has 0 atom stereocenters. The Bertz CT molecular complexity index is 511. The van der Waals surface area contributed by atoms with Crippen molar-refractivity contribution in [3.63, 3.8) is 0 Å². The molecule has 1 fully saturated rings. The summed E-state index contributed by atoms with van der Waals surface area (Å²) in [6, 6.07) is 10.6. The van der Waals surface area contributed by atoms with Crippen molar-refractivity contribution in [2.75, 3.05) is 38.1 Å². The van der Waals surface area contributed by atoms with Crippen LogP contribution in [0, 0.1) is 0 Å². The van der Waals surface area contributed by atoms with Crippen molar-refractivity contribution in [2.24, 2.45) is 0 Å². The van der Waals surface area contributed by atoms with Crippen LogP contribution in [-0.4, -0.2) is 43.1 Å². The number of nitrogens with zero attached hydrogens (tertiary/aromatic N) is 3. The first-order valence-corrected chi connectivity index (χ1v) is 7.12. The second-order valence-electron chi connectivity index (χ2n) is 4.64. The number of likely N-dealkylation sites (N-methyl/N-ethyl adjacent to an activating group) is 1. The lowest BCUT2D eigenvalue weighted by Gasteiger charge is -2.34. The van der Waals surface area contributed by atoms with E-state index >= 15 is 0 Å². The number of rotatable bonds is 1. The number of hydrogen-bond acceptors (Lipinski definition) is 3. The molecule has 1 aromatic heterocycles. The summed E-state index contributed by atoms with van der Waals surface area (Å²) >= 11 is 0. The van der Waals surface area contributed by atoms with Crippen LogP contribution >= 0.6 is 0 Å². The molecule has 3 rings (SSSR count). The Hall–Kier alpha value is -1.61. The van der Waals surface area contributed by atoms with E-state index in [9.17, 15) is 0 Å². The Morgan fingerprint density at radius 2 is 1.63 bits per heavy atom. The molecular weight excluding hydrogens is 234 g/mol. The van der Waals surface area contributed by atoms with E-state index < -0.39 is 0 Å². The number of aromatic nitrogens is 1. The number of pyridine rings is 1. The van der Waals surface area contributed by atoms with Crippen LogP contribution in [-0.2, 0) is 0 Å². The fourth-order valence-electron chi connectivity index (χ4n) is 2.39. The highest BCUT2D eigenvalue weighted by Gasteiger charge is 2.16. The van der Waals surface area contributed by atoms with Gasteiger partial charge < -0.3 is 9.80 Å². The SMILES string of the molecule is CC.CN1CCN(c2cccc3cccnc23)CC1. The molecule has 102 valence electrons. The van der Waals surface area contributed by atoms with Gasteiger partial charge in [-0.2, -0.15) is 0 Å². The van der Waals surface area contributed by atoms with Crippen LogP contribution in [0.4, 0.5) is 5.69 Å². The Morgan fingerprint density at radius 3 is 2.37 bits per heavy atom. The summed E-state index contributed by atoms with van der Waals surface area (Å²) in [5, 5.41) is 1.23. The minimum Gasteiger partial charge on any atom is -0.367 e. The lowest BCUT2D eigenvalue weighted by Crippen LogP contribution is -2.44. The highest BCUT2D eigenvalue weighted by atomic mass is 15.2. The number of para-hydroxylation sites is 1. The monoisotopic (exact) mass is 257 g/mol. The van der Waals surface area contributed by atoms with E-state index in [2.05, 4.69) is 46.1 Å². The summed E-state index contributed by atoms with van der Waals surface area (Å²) in [7, 11) is 2.18. The third-order valence-electron chi connectivity index (χ3n) is 3.46. The Balaban J connectivity index is 0.000000637. The van der Waals surface area contributed by atoms with Crippen LogP contribution in [0.25, 0.3) is 10.9 Å². The first-order valence-electron chi connectivity index (χ1n) is 7.12. The maximum atomic E-state index is 4.52. The first-order chi connectivity index (χ1) is 9.34. The average molecular weight is 257 g/mol. The summed E-state index contributed by atoms with van der Waals surface area (Å²) < 4.78 is 0. The van der Waals surface area contributed by atoms with Gasteiger partial charge >= 0.3 is 0 Å². The van der Waals surface area contributed by atoms with E-state index in [1.54, 1.807) is 0 Å². The molecule has 0 saturated carbocycles. The Labute approximate surface area is 115 Å². The van der Waals surface area contributed by atoms with Gasteiger partial charge in [-0.25, -0.2) is 0 Å². The predicted octanol–water partition coefficient (Wildman–Crippen LogP) is 3.01. The van der Waals surface area contributed by atoms with Gasteiger partial charge in [-0.1, -0.05) is 32.0 Å². The molecule has 1 aliphatic rings. The summed E-state index contributed by atoms with van der Waals surface area (Å²) in [5.74, 6) is 0. The number of hydrogen-bond donors (Lipinski definition) is 0. The van der Waals surface area contributed by atoms with Crippen LogP contribution in [0.3, 0.4) is 0 Å². The molecular formula is C16H23N3. The molecule has 1 aromatic carbocycles. The van der Waals surface area contributed by atoms with Gasteiger partial charge in [0.1, 0.15) is 0 Å². The van der Waals surface area contributed by atoms with E-state index in [0.29, 0.717) is 0 Å². The maximum Gasteiger partial charge on any atom is 0.0935 e. The predicted molar refractivity (Wildman–Crippen MR) is 82.8 cm³/mol. The molecule has 3 heteroatoms. The number of benzene rings is 1. The Morgan fingerprint density at radius 1 is 0.947 bits per heavy atom. The van der Waals surface area contributed by atoms with Gasteiger partial charge in [-0.05, 0) is 19.2 Å². The largest absolute Gasteiger partial charge is 0.367 e. The lowest BCUT2D eigenvalue weighted by atomic mass is 10.1. The fraction of sp³-hybridized carbons (Fsp3) is 0.438. The van der Waals surface area contributed by atoms with Gasteiger partial charge in [-0.3, -0.25) is 4.98 Å². The zero-order valence-electron chi connectivity index (χ0n) is 12.1. The third kappa shape index (κ3) is 3.04. The van der Waals surface area contributed by atoms with Gasteiger partial charge in [0, 0.05) is 37.8 Å². The van der Waals surface area contributed by atoms with E-state index in [0.717, 1.165) is 31.7 Å². The topological polar surface area (TPSA) is 19.4 Å². The van der Waals surface area contributed by atoms with Gasteiger partial charge in [-0.15, -0.1) is 0 Å². The number of fused-ring (bicyclic) bond motifs is 1. The summed E-state index contributed by atoms with van der Waals surface area (Å²) in [6.45, 7) is 8.44. The van der Waals surface area contributed by atoms with Gasteiger partial charge in [0.2, 0.25) is 0 Å². The van der Waals surface area contributed by atoms with Crippen LogP contribution in [0.2, 0.25) is 0 Å². The normalized spacial score (nSPS) is 16.1. The molecule has 0 N–H and O–H groups in total. The van der Waals surface area contributed by atoms with E-state index in [-0.39, 0.29) is 0 Å². The van der Waals surface area contributed by atoms with E-state index in [1.165, 1.54) is 11.1 Å². The highest BCUT2D eigenvalue weighted by molar-refractivity contribution is 5.90. The first kappa shape index (κ1) is 13.8. The molecule has 3 nitrogen and oxygen atoms in total. The van der Waals surface area contributed by atoms with Crippen molar-refractivity contribution in [1.29, 1.82) is 0 Å². The van der Waals surface area contributed by atoms with Crippen molar-refractivity contribution in [2.45, 2.75) is 13.8 Å². The van der Waals surface area contributed by atoms with E-state index in [4.69, 9.17) is 0 Å². The smallest absolute Gasteiger partial charge is 0.0935 e. The number of anilines is 1. The van der Waals surface area contributed by atoms with E-state index in [1.807, 2.05) is 26.1 Å². The molecule has 0 bridgehead atoms. The van der Waals surface area contributed by atoms with Crippen molar-refractivity contribution >= 4 is 16.6 Å². The number of piperazine rings is 1. The molecule has 19 heavy (non-hydrogen) atoms. The zero-order chi connectivity index (χ0) is 13.7. The van der Waals surface area contributed by atoms with Crippen LogP contribution in [0.5, 0.6) is 0 Å².